The van der Waals surface area contributed by atoms with Crippen molar-refractivity contribution in [3.8, 4) is 11.1 Å². The summed E-state index contributed by atoms with van der Waals surface area (Å²) in [6, 6.07) is 13.4. The Morgan fingerprint density at radius 2 is 1.42 bits per heavy atom. The first-order chi connectivity index (χ1) is 8.80. The number of hydrogen-bond acceptors (Lipinski definition) is 0. The van der Waals surface area contributed by atoms with Crippen LogP contribution in [0.1, 0.15) is 37.5 Å². The van der Waals surface area contributed by atoms with Crippen molar-refractivity contribution in [1.29, 1.82) is 0 Å². The molecule has 0 atom stereocenters. The summed E-state index contributed by atoms with van der Waals surface area (Å²) in [5.74, 6) is 0. The molecule has 100 valence electrons. The minimum atomic E-state index is 0.216. The van der Waals surface area contributed by atoms with Gasteiger partial charge in [-0.2, -0.15) is 0 Å². The lowest BCUT2D eigenvalue weighted by atomic mass is 9.86. The van der Waals surface area contributed by atoms with Crippen LogP contribution in [0.3, 0.4) is 0 Å². The predicted molar refractivity (Wildman–Crippen MR) is 92.8 cm³/mol. The second kappa shape index (κ2) is 5.28. The van der Waals surface area contributed by atoms with Crippen molar-refractivity contribution in [2.24, 2.45) is 0 Å². The van der Waals surface area contributed by atoms with Crippen molar-refractivity contribution in [2.45, 2.75) is 40.0 Å². The second-order valence-corrected chi connectivity index (χ2v) is 7.35. The van der Waals surface area contributed by atoms with Gasteiger partial charge in [-0.05, 0) is 75.7 Å². The van der Waals surface area contributed by atoms with Crippen LogP contribution >= 0.6 is 22.6 Å². The zero-order valence-corrected chi connectivity index (χ0v) is 14.5. The van der Waals surface area contributed by atoms with Crippen LogP contribution in [-0.4, -0.2) is 0 Å². The Bertz CT molecular complexity index is 586. The van der Waals surface area contributed by atoms with E-state index in [1.165, 1.54) is 31.4 Å². The number of benzene rings is 2. The third kappa shape index (κ3) is 3.02. The summed E-state index contributed by atoms with van der Waals surface area (Å²) >= 11 is 2.43. The molecule has 0 N–H and O–H groups in total. The van der Waals surface area contributed by atoms with E-state index in [4.69, 9.17) is 0 Å². The summed E-state index contributed by atoms with van der Waals surface area (Å²) in [6.45, 7) is 11.2. The monoisotopic (exact) mass is 364 g/mol. The standard InChI is InChI=1S/C18H21I/c1-12-6-11-16(19)17(13(12)2)14-7-9-15(10-8-14)18(3,4)5/h6-11H,1-5H3. The first-order valence-corrected chi connectivity index (χ1v) is 7.75. The molecule has 0 aliphatic rings. The Hall–Kier alpha value is -0.830. The quantitative estimate of drug-likeness (QED) is 0.555. The van der Waals surface area contributed by atoms with Crippen molar-refractivity contribution in [3.63, 3.8) is 0 Å². The van der Waals surface area contributed by atoms with Crippen molar-refractivity contribution in [3.05, 3.63) is 56.7 Å². The Labute approximate surface area is 130 Å². The summed E-state index contributed by atoms with van der Waals surface area (Å²) < 4.78 is 1.32. The van der Waals surface area contributed by atoms with Crippen LogP contribution in [0.15, 0.2) is 36.4 Å². The maximum atomic E-state index is 2.43. The van der Waals surface area contributed by atoms with Gasteiger partial charge in [0.15, 0.2) is 0 Å². The molecule has 0 saturated carbocycles. The van der Waals surface area contributed by atoms with E-state index in [0.29, 0.717) is 0 Å². The highest BCUT2D eigenvalue weighted by atomic mass is 127. The van der Waals surface area contributed by atoms with Crippen LogP contribution < -0.4 is 0 Å². The number of hydrogen-bond donors (Lipinski definition) is 0. The van der Waals surface area contributed by atoms with Crippen LogP contribution in [0.25, 0.3) is 11.1 Å². The molecule has 0 bridgehead atoms. The predicted octanol–water partition coefficient (Wildman–Crippen LogP) is 5.87. The van der Waals surface area contributed by atoms with E-state index in [-0.39, 0.29) is 5.41 Å². The van der Waals surface area contributed by atoms with E-state index in [1.807, 2.05) is 0 Å². The van der Waals surface area contributed by atoms with E-state index in [9.17, 15) is 0 Å². The van der Waals surface area contributed by atoms with Gasteiger partial charge in [0.1, 0.15) is 0 Å². The third-order valence-electron chi connectivity index (χ3n) is 3.72. The molecule has 2 aromatic rings. The van der Waals surface area contributed by atoms with Gasteiger partial charge in [0.2, 0.25) is 0 Å². The summed E-state index contributed by atoms with van der Waals surface area (Å²) in [5.41, 5.74) is 7.04. The third-order valence-corrected chi connectivity index (χ3v) is 4.62. The van der Waals surface area contributed by atoms with Gasteiger partial charge in [0.05, 0.1) is 0 Å². The zero-order valence-electron chi connectivity index (χ0n) is 12.3. The van der Waals surface area contributed by atoms with E-state index in [0.717, 1.165) is 0 Å². The SMILES string of the molecule is Cc1ccc(I)c(-c2ccc(C(C)(C)C)cc2)c1C. The fraction of sp³-hybridized carbons (Fsp3) is 0.333. The molecule has 0 saturated heterocycles. The zero-order chi connectivity index (χ0) is 14.2. The van der Waals surface area contributed by atoms with E-state index < -0.39 is 0 Å². The maximum absolute atomic E-state index is 2.43. The van der Waals surface area contributed by atoms with Gasteiger partial charge in [-0.25, -0.2) is 0 Å². The minimum Gasteiger partial charge on any atom is -0.0580 e. The molecule has 0 nitrogen and oxygen atoms in total. The Balaban J connectivity index is 2.52. The number of aryl methyl sites for hydroxylation is 1. The molecule has 1 heteroatoms. The topological polar surface area (TPSA) is 0 Å². The summed E-state index contributed by atoms with van der Waals surface area (Å²) in [7, 11) is 0. The molecule has 0 fully saturated rings. The highest BCUT2D eigenvalue weighted by Gasteiger charge is 2.14. The number of rotatable bonds is 1. The molecule has 2 rings (SSSR count). The minimum absolute atomic E-state index is 0.216. The molecular formula is C18H21I. The summed E-state index contributed by atoms with van der Waals surface area (Å²) in [6.07, 6.45) is 0. The van der Waals surface area contributed by atoms with Gasteiger partial charge in [-0.1, -0.05) is 51.1 Å². The highest BCUT2D eigenvalue weighted by Crippen LogP contribution is 2.32. The molecule has 0 aliphatic heterocycles. The molecule has 2 aromatic carbocycles. The van der Waals surface area contributed by atoms with Gasteiger partial charge in [0, 0.05) is 3.57 Å². The van der Waals surface area contributed by atoms with Crippen molar-refractivity contribution in [1.82, 2.24) is 0 Å². The molecule has 0 radical (unpaired) electrons. The lowest BCUT2D eigenvalue weighted by Crippen LogP contribution is -2.10. The van der Waals surface area contributed by atoms with E-state index in [1.54, 1.807) is 0 Å². The van der Waals surface area contributed by atoms with Crippen LogP contribution in [0.2, 0.25) is 0 Å². The Morgan fingerprint density at radius 1 is 0.842 bits per heavy atom. The van der Waals surface area contributed by atoms with Gasteiger partial charge >= 0.3 is 0 Å². The molecule has 19 heavy (non-hydrogen) atoms. The Kier molecular flexibility index (Phi) is 4.05. The molecule has 0 unspecified atom stereocenters. The van der Waals surface area contributed by atoms with Crippen LogP contribution in [0.4, 0.5) is 0 Å². The molecular weight excluding hydrogens is 343 g/mol. The van der Waals surface area contributed by atoms with Gasteiger partial charge in [-0.15, -0.1) is 0 Å². The normalized spacial score (nSPS) is 11.7. The van der Waals surface area contributed by atoms with Crippen molar-refractivity contribution in [2.75, 3.05) is 0 Å². The van der Waals surface area contributed by atoms with Crippen LogP contribution in [0.5, 0.6) is 0 Å². The highest BCUT2D eigenvalue weighted by molar-refractivity contribution is 14.1. The first-order valence-electron chi connectivity index (χ1n) is 6.67. The largest absolute Gasteiger partial charge is 0.0580 e. The fourth-order valence-electron chi connectivity index (χ4n) is 2.27. The molecule has 0 heterocycles. The van der Waals surface area contributed by atoms with Crippen molar-refractivity contribution < 1.29 is 0 Å². The van der Waals surface area contributed by atoms with Crippen LogP contribution in [-0.2, 0) is 5.41 Å². The Morgan fingerprint density at radius 3 is 1.95 bits per heavy atom. The molecule has 0 aromatic heterocycles. The van der Waals surface area contributed by atoms with Crippen LogP contribution in [0, 0.1) is 17.4 Å². The maximum Gasteiger partial charge on any atom is 0.0211 e. The van der Waals surface area contributed by atoms with E-state index >= 15 is 0 Å². The fourth-order valence-corrected chi connectivity index (χ4v) is 3.17. The summed E-state index contributed by atoms with van der Waals surface area (Å²) in [4.78, 5) is 0. The first kappa shape index (κ1) is 14.6. The average Bonchev–Trinajstić information content (AvgIpc) is 2.34. The van der Waals surface area contributed by atoms with Gasteiger partial charge in [-0.3, -0.25) is 0 Å². The number of halogens is 1. The van der Waals surface area contributed by atoms with Gasteiger partial charge < -0.3 is 0 Å². The molecule has 0 aliphatic carbocycles. The van der Waals surface area contributed by atoms with Gasteiger partial charge in [0.25, 0.3) is 0 Å². The second-order valence-electron chi connectivity index (χ2n) is 6.19. The van der Waals surface area contributed by atoms with Crippen molar-refractivity contribution >= 4 is 22.6 Å². The lowest BCUT2D eigenvalue weighted by molar-refractivity contribution is 0.590. The van der Waals surface area contributed by atoms with E-state index in [2.05, 4.69) is 93.6 Å². The smallest absolute Gasteiger partial charge is 0.0211 e. The molecule has 0 amide bonds. The lowest BCUT2D eigenvalue weighted by Gasteiger charge is -2.20. The summed E-state index contributed by atoms with van der Waals surface area (Å²) in [5, 5.41) is 0. The molecule has 0 spiro atoms. The average molecular weight is 364 g/mol.